The zero-order chi connectivity index (χ0) is 13.1. The summed E-state index contributed by atoms with van der Waals surface area (Å²) in [5.74, 6) is -0.921. The number of para-hydroxylation sites is 1. The number of alkyl halides is 1. The first kappa shape index (κ1) is 15.5. The number of rotatable bonds is 4. The third-order valence-corrected chi connectivity index (χ3v) is 2.81. The lowest BCUT2D eigenvalue weighted by molar-refractivity contribution is -0.149. The molecule has 0 amide bonds. The van der Waals surface area contributed by atoms with Gasteiger partial charge in [-0.2, -0.15) is 0 Å². The average Bonchev–Trinajstić information content (AvgIpc) is 2.81. The summed E-state index contributed by atoms with van der Waals surface area (Å²) in [5.41, 5.74) is 7.22. The first-order valence-corrected chi connectivity index (χ1v) is 5.77. The van der Waals surface area contributed by atoms with Crippen LogP contribution < -0.4 is 5.73 Å². The lowest BCUT2D eigenvalue weighted by atomic mass is 10.0. The van der Waals surface area contributed by atoms with E-state index in [1.165, 1.54) is 0 Å². The molecule has 1 aromatic heterocycles. The van der Waals surface area contributed by atoms with Gasteiger partial charge in [0.05, 0.1) is 12.6 Å². The molecule has 2 rings (SSSR count). The summed E-state index contributed by atoms with van der Waals surface area (Å²) in [5, 5.41) is 0.817. The van der Waals surface area contributed by atoms with Crippen LogP contribution in [0.1, 0.15) is 18.5 Å². The van der Waals surface area contributed by atoms with Gasteiger partial charge in [-0.3, -0.25) is 0 Å². The average molecular weight is 287 g/mol. The van der Waals surface area contributed by atoms with E-state index >= 15 is 0 Å². The molecule has 1 unspecified atom stereocenters. The molecule has 1 heterocycles. The predicted molar refractivity (Wildman–Crippen MR) is 74.0 cm³/mol. The largest absolute Gasteiger partial charge is 0.464 e. The fourth-order valence-corrected chi connectivity index (χ4v) is 1.90. The highest BCUT2D eigenvalue weighted by Crippen LogP contribution is 2.26. The molecular weight excluding hydrogens is 271 g/mol. The third kappa shape index (κ3) is 3.05. The number of aromatic amines is 1. The topological polar surface area (TPSA) is 68.1 Å². The fraction of sp³-hybridized carbons (Fsp3) is 0.308. The molecule has 4 nitrogen and oxygen atoms in total. The highest BCUT2D eigenvalue weighted by molar-refractivity contribution is 5.85. The highest BCUT2D eigenvalue weighted by atomic mass is 35.5. The molecule has 0 radical (unpaired) electrons. The van der Waals surface area contributed by atoms with Crippen molar-refractivity contribution in [3.8, 4) is 0 Å². The Balaban J connectivity index is 0.00000180. The number of carbonyl (C=O) groups excluding carboxylic acids is 1. The molecule has 3 N–H and O–H groups in total. The van der Waals surface area contributed by atoms with Crippen molar-refractivity contribution in [3.63, 3.8) is 0 Å². The summed E-state index contributed by atoms with van der Waals surface area (Å²) in [6, 6.07) is 6.37. The van der Waals surface area contributed by atoms with E-state index in [9.17, 15) is 9.18 Å². The minimum absolute atomic E-state index is 0. The predicted octanol–water partition coefficient (Wildman–Crippen LogP) is 2.49. The number of benzene rings is 1. The fourth-order valence-electron chi connectivity index (χ4n) is 1.90. The van der Waals surface area contributed by atoms with Gasteiger partial charge in [-0.25, -0.2) is 9.18 Å². The van der Waals surface area contributed by atoms with Gasteiger partial charge in [-0.1, -0.05) is 18.2 Å². The van der Waals surface area contributed by atoms with Crippen molar-refractivity contribution in [2.24, 2.45) is 5.73 Å². The Morgan fingerprint density at radius 3 is 2.84 bits per heavy atom. The van der Waals surface area contributed by atoms with E-state index in [1.807, 2.05) is 24.3 Å². The smallest absolute Gasteiger partial charge is 0.342 e. The number of hydrogen-bond acceptors (Lipinski definition) is 3. The number of nitrogens with two attached hydrogens (primary N) is 1. The minimum Gasteiger partial charge on any atom is -0.464 e. The lowest BCUT2D eigenvalue weighted by Gasteiger charge is -2.14. The molecule has 0 spiro atoms. The van der Waals surface area contributed by atoms with Gasteiger partial charge < -0.3 is 15.5 Å². The van der Waals surface area contributed by atoms with Crippen molar-refractivity contribution in [2.75, 3.05) is 6.61 Å². The Kier molecular flexibility index (Phi) is 5.32. The molecule has 0 bridgehead atoms. The van der Waals surface area contributed by atoms with Crippen LogP contribution in [0, 0.1) is 0 Å². The molecule has 6 heteroatoms. The molecule has 0 saturated heterocycles. The minimum atomic E-state index is -1.86. The molecule has 104 valence electrons. The van der Waals surface area contributed by atoms with Crippen LogP contribution in [-0.4, -0.2) is 23.7 Å². The number of carbonyl (C=O) groups is 1. The van der Waals surface area contributed by atoms with Crippen LogP contribution in [0.5, 0.6) is 0 Å². The maximum absolute atomic E-state index is 13.9. The molecule has 0 aliphatic heterocycles. The number of fused-ring (bicyclic) bond motifs is 1. The SMILES string of the molecule is CCOC(=O)C(F)[C@H](N)c1c[nH]c2ccccc12.Cl. The first-order chi connectivity index (χ1) is 8.65. The Labute approximate surface area is 116 Å². The number of halogens is 2. The zero-order valence-electron chi connectivity index (χ0n) is 10.4. The maximum atomic E-state index is 13.9. The Hall–Kier alpha value is -1.59. The van der Waals surface area contributed by atoms with Crippen LogP contribution in [0.3, 0.4) is 0 Å². The van der Waals surface area contributed by atoms with E-state index in [2.05, 4.69) is 9.72 Å². The van der Waals surface area contributed by atoms with Crippen molar-refractivity contribution in [1.82, 2.24) is 4.98 Å². The second-order valence-corrected chi connectivity index (χ2v) is 3.97. The molecule has 2 atom stereocenters. The summed E-state index contributed by atoms with van der Waals surface area (Å²) in [6.07, 6.45) is -0.231. The van der Waals surface area contributed by atoms with Crippen LogP contribution in [0.2, 0.25) is 0 Å². The van der Waals surface area contributed by atoms with Crippen molar-refractivity contribution in [2.45, 2.75) is 19.1 Å². The Morgan fingerprint density at radius 1 is 1.47 bits per heavy atom. The van der Waals surface area contributed by atoms with Gasteiger partial charge in [-0.15, -0.1) is 12.4 Å². The molecule has 19 heavy (non-hydrogen) atoms. The van der Waals surface area contributed by atoms with Gasteiger partial charge in [-0.05, 0) is 18.6 Å². The Morgan fingerprint density at radius 2 is 2.16 bits per heavy atom. The van der Waals surface area contributed by atoms with E-state index in [0.717, 1.165) is 10.9 Å². The van der Waals surface area contributed by atoms with Gasteiger partial charge >= 0.3 is 5.97 Å². The number of H-pyrrole nitrogens is 1. The number of esters is 1. The van der Waals surface area contributed by atoms with Crippen LogP contribution >= 0.6 is 12.4 Å². The quantitative estimate of drug-likeness (QED) is 0.849. The standard InChI is InChI=1S/C13H15FN2O2.ClH/c1-2-18-13(17)11(14)12(15)9-7-16-10-6-4-3-5-8(9)10;/h3-7,11-12,16H,2,15H2,1H3;1H/t11?,12-;/m1./s1. The lowest BCUT2D eigenvalue weighted by Crippen LogP contribution is -2.31. The Bertz CT molecular complexity index is 558. The van der Waals surface area contributed by atoms with E-state index in [-0.39, 0.29) is 19.0 Å². The van der Waals surface area contributed by atoms with Gasteiger partial charge in [0, 0.05) is 17.1 Å². The van der Waals surface area contributed by atoms with Crippen LogP contribution in [0.25, 0.3) is 10.9 Å². The van der Waals surface area contributed by atoms with Gasteiger partial charge in [0.15, 0.2) is 0 Å². The van der Waals surface area contributed by atoms with Crippen molar-refractivity contribution in [1.29, 1.82) is 0 Å². The summed E-state index contributed by atoms with van der Waals surface area (Å²) in [7, 11) is 0. The number of hydrogen-bond donors (Lipinski definition) is 2. The maximum Gasteiger partial charge on any atom is 0.342 e. The van der Waals surface area contributed by atoms with Crippen LogP contribution in [0.4, 0.5) is 4.39 Å². The monoisotopic (exact) mass is 286 g/mol. The van der Waals surface area contributed by atoms with E-state index in [1.54, 1.807) is 13.1 Å². The van der Waals surface area contributed by atoms with Crippen molar-refractivity contribution < 1.29 is 13.9 Å². The van der Waals surface area contributed by atoms with Gasteiger partial charge in [0.25, 0.3) is 0 Å². The van der Waals surface area contributed by atoms with E-state index < -0.39 is 18.2 Å². The second-order valence-electron chi connectivity index (χ2n) is 3.97. The van der Waals surface area contributed by atoms with Gasteiger partial charge in [0.1, 0.15) is 0 Å². The molecular formula is C13H16ClFN2O2. The third-order valence-electron chi connectivity index (χ3n) is 2.81. The van der Waals surface area contributed by atoms with Crippen LogP contribution in [-0.2, 0) is 9.53 Å². The van der Waals surface area contributed by atoms with E-state index in [4.69, 9.17) is 5.73 Å². The van der Waals surface area contributed by atoms with E-state index in [0.29, 0.717) is 5.56 Å². The van der Waals surface area contributed by atoms with Crippen molar-refractivity contribution >= 4 is 29.3 Å². The molecule has 0 aliphatic carbocycles. The summed E-state index contributed by atoms with van der Waals surface area (Å²) in [4.78, 5) is 14.3. The first-order valence-electron chi connectivity index (χ1n) is 5.77. The van der Waals surface area contributed by atoms with Crippen molar-refractivity contribution in [3.05, 3.63) is 36.0 Å². The molecule has 0 fully saturated rings. The van der Waals surface area contributed by atoms with Gasteiger partial charge in [0.2, 0.25) is 6.17 Å². The highest BCUT2D eigenvalue weighted by Gasteiger charge is 2.29. The summed E-state index contributed by atoms with van der Waals surface area (Å²) in [6.45, 7) is 1.77. The molecule has 0 aliphatic rings. The number of ether oxygens (including phenoxy) is 1. The number of nitrogens with one attached hydrogen (secondary N) is 1. The van der Waals surface area contributed by atoms with Crippen LogP contribution in [0.15, 0.2) is 30.5 Å². The zero-order valence-corrected chi connectivity index (χ0v) is 11.2. The number of aromatic nitrogens is 1. The summed E-state index contributed by atoms with van der Waals surface area (Å²) >= 11 is 0. The normalized spacial score (nSPS) is 13.6. The second kappa shape index (κ2) is 6.54. The molecule has 0 saturated carbocycles. The molecule has 2 aromatic rings. The molecule has 1 aromatic carbocycles. The summed E-state index contributed by atoms with van der Waals surface area (Å²) < 4.78 is 18.5.